The van der Waals surface area contributed by atoms with Crippen LogP contribution >= 0.6 is 0 Å². The van der Waals surface area contributed by atoms with Crippen molar-refractivity contribution in [2.45, 2.75) is 19.3 Å². The summed E-state index contributed by atoms with van der Waals surface area (Å²) in [4.78, 5) is 0. The molecule has 0 unspecified atom stereocenters. The lowest BCUT2D eigenvalue weighted by atomic mass is 10.2. The number of hydrogen-bond donors (Lipinski definition) is 0. The Kier molecular flexibility index (Phi) is 4.89. The maximum absolute atomic E-state index is 13.1. The normalized spacial score (nSPS) is 10.2. The highest BCUT2D eigenvalue weighted by Crippen LogP contribution is 2.22. The standard InChI is InChI=1S/C12H13F3O/c1-2-3-4-5-6-16-12-10(14)7-9(13)8-11(12)15/h2,7-8H,1,3-6H2. The Labute approximate surface area is 92.5 Å². The van der Waals surface area contributed by atoms with Crippen molar-refractivity contribution in [2.75, 3.05) is 6.61 Å². The van der Waals surface area contributed by atoms with Gasteiger partial charge in [0.05, 0.1) is 6.61 Å². The highest BCUT2D eigenvalue weighted by atomic mass is 19.1. The molecule has 1 aromatic carbocycles. The van der Waals surface area contributed by atoms with Crippen molar-refractivity contribution >= 4 is 0 Å². The molecule has 0 heterocycles. The third-order valence-corrected chi connectivity index (χ3v) is 2.01. The van der Waals surface area contributed by atoms with E-state index < -0.39 is 23.2 Å². The fourth-order valence-electron chi connectivity index (χ4n) is 1.23. The first kappa shape index (κ1) is 12.6. The molecule has 0 fully saturated rings. The highest BCUT2D eigenvalue weighted by Gasteiger charge is 2.12. The molecular weight excluding hydrogens is 217 g/mol. The lowest BCUT2D eigenvalue weighted by Gasteiger charge is -2.07. The molecule has 0 amide bonds. The first-order chi connectivity index (χ1) is 7.65. The van der Waals surface area contributed by atoms with Crippen molar-refractivity contribution in [1.82, 2.24) is 0 Å². The maximum Gasteiger partial charge on any atom is 0.190 e. The second-order valence-corrected chi connectivity index (χ2v) is 3.33. The summed E-state index contributed by atoms with van der Waals surface area (Å²) in [6.45, 7) is 3.75. The molecule has 0 radical (unpaired) electrons. The number of benzene rings is 1. The van der Waals surface area contributed by atoms with Gasteiger partial charge in [-0.15, -0.1) is 6.58 Å². The lowest BCUT2D eigenvalue weighted by molar-refractivity contribution is 0.275. The number of allylic oxidation sites excluding steroid dienone is 1. The average molecular weight is 230 g/mol. The van der Waals surface area contributed by atoms with Crippen LogP contribution in [-0.2, 0) is 0 Å². The molecule has 88 valence electrons. The second kappa shape index (κ2) is 6.20. The molecule has 1 rings (SSSR count). The van der Waals surface area contributed by atoms with Crippen LogP contribution in [0.2, 0.25) is 0 Å². The monoisotopic (exact) mass is 230 g/mol. The number of unbranched alkanes of at least 4 members (excludes halogenated alkanes) is 2. The first-order valence-electron chi connectivity index (χ1n) is 5.03. The zero-order valence-corrected chi connectivity index (χ0v) is 8.81. The van der Waals surface area contributed by atoms with Crippen LogP contribution in [0.4, 0.5) is 13.2 Å². The number of ether oxygens (including phenoxy) is 1. The molecule has 0 aliphatic heterocycles. The molecule has 0 saturated carbocycles. The highest BCUT2D eigenvalue weighted by molar-refractivity contribution is 5.26. The summed E-state index contributed by atoms with van der Waals surface area (Å²) in [5.41, 5.74) is 0. The molecular formula is C12H13F3O. The molecule has 0 bridgehead atoms. The van der Waals surface area contributed by atoms with E-state index >= 15 is 0 Å². The lowest BCUT2D eigenvalue weighted by Crippen LogP contribution is -2.02. The van der Waals surface area contributed by atoms with E-state index in [2.05, 4.69) is 6.58 Å². The molecule has 0 N–H and O–H groups in total. The maximum atomic E-state index is 13.1. The van der Waals surface area contributed by atoms with E-state index in [0.29, 0.717) is 18.6 Å². The van der Waals surface area contributed by atoms with Gasteiger partial charge in [0, 0.05) is 12.1 Å². The van der Waals surface area contributed by atoms with Crippen molar-refractivity contribution in [2.24, 2.45) is 0 Å². The Bertz CT molecular complexity index is 340. The average Bonchev–Trinajstić information content (AvgIpc) is 2.20. The van der Waals surface area contributed by atoms with E-state index in [1.807, 2.05) is 0 Å². The fourth-order valence-corrected chi connectivity index (χ4v) is 1.23. The van der Waals surface area contributed by atoms with Crippen LogP contribution in [0.15, 0.2) is 24.8 Å². The predicted octanol–water partition coefficient (Wildman–Crippen LogP) is 3.84. The van der Waals surface area contributed by atoms with Gasteiger partial charge in [0.1, 0.15) is 5.82 Å². The Hall–Kier alpha value is -1.45. The smallest absolute Gasteiger partial charge is 0.190 e. The van der Waals surface area contributed by atoms with E-state index in [4.69, 9.17) is 4.74 Å². The third-order valence-electron chi connectivity index (χ3n) is 2.01. The number of halogens is 3. The van der Waals surface area contributed by atoms with Gasteiger partial charge < -0.3 is 4.74 Å². The van der Waals surface area contributed by atoms with E-state index in [1.54, 1.807) is 6.08 Å². The molecule has 0 atom stereocenters. The third kappa shape index (κ3) is 3.61. The number of hydrogen-bond acceptors (Lipinski definition) is 1. The van der Waals surface area contributed by atoms with Crippen LogP contribution in [0.1, 0.15) is 19.3 Å². The van der Waals surface area contributed by atoms with E-state index in [0.717, 1.165) is 12.8 Å². The fraction of sp³-hybridized carbons (Fsp3) is 0.333. The van der Waals surface area contributed by atoms with Gasteiger partial charge in [-0.05, 0) is 19.3 Å². The summed E-state index contributed by atoms with van der Waals surface area (Å²) in [5.74, 6) is -3.49. The van der Waals surface area contributed by atoms with Crippen molar-refractivity contribution in [3.05, 3.63) is 42.2 Å². The minimum atomic E-state index is -1.01. The van der Waals surface area contributed by atoms with Crippen LogP contribution in [0.5, 0.6) is 5.75 Å². The second-order valence-electron chi connectivity index (χ2n) is 3.33. The van der Waals surface area contributed by atoms with Gasteiger partial charge in [-0.25, -0.2) is 13.2 Å². The predicted molar refractivity (Wildman–Crippen MR) is 55.9 cm³/mol. The quantitative estimate of drug-likeness (QED) is 0.533. The Balaban J connectivity index is 2.50. The van der Waals surface area contributed by atoms with E-state index in [9.17, 15) is 13.2 Å². The van der Waals surface area contributed by atoms with Crippen LogP contribution in [0.25, 0.3) is 0 Å². The Morgan fingerprint density at radius 1 is 1.12 bits per heavy atom. The molecule has 16 heavy (non-hydrogen) atoms. The van der Waals surface area contributed by atoms with Gasteiger partial charge in [-0.3, -0.25) is 0 Å². The van der Waals surface area contributed by atoms with Gasteiger partial charge in [0.15, 0.2) is 17.4 Å². The minimum Gasteiger partial charge on any atom is -0.488 e. The van der Waals surface area contributed by atoms with Crippen molar-refractivity contribution in [3.63, 3.8) is 0 Å². The molecule has 0 aliphatic carbocycles. The molecule has 1 nitrogen and oxygen atoms in total. The summed E-state index contributed by atoms with van der Waals surface area (Å²) in [5, 5.41) is 0. The number of rotatable bonds is 6. The van der Waals surface area contributed by atoms with Crippen molar-refractivity contribution < 1.29 is 17.9 Å². The molecule has 0 spiro atoms. The Morgan fingerprint density at radius 3 is 2.31 bits per heavy atom. The topological polar surface area (TPSA) is 9.23 Å². The zero-order valence-electron chi connectivity index (χ0n) is 8.81. The Morgan fingerprint density at radius 2 is 1.75 bits per heavy atom. The summed E-state index contributed by atoms with van der Waals surface area (Å²) < 4.78 is 43.6. The van der Waals surface area contributed by atoms with Gasteiger partial charge in [0.2, 0.25) is 0 Å². The van der Waals surface area contributed by atoms with E-state index in [1.165, 1.54) is 0 Å². The molecule has 1 aromatic rings. The van der Waals surface area contributed by atoms with E-state index in [-0.39, 0.29) is 6.61 Å². The summed E-state index contributed by atoms with van der Waals surface area (Å²) >= 11 is 0. The molecule has 0 aromatic heterocycles. The summed E-state index contributed by atoms with van der Waals surface area (Å²) in [6, 6.07) is 1.20. The largest absolute Gasteiger partial charge is 0.488 e. The zero-order chi connectivity index (χ0) is 12.0. The summed E-state index contributed by atoms with van der Waals surface area (Å²) in [6.07, 6.45) is 4.10. The SMILES string of the molecule is C=CCCCCOc1c(F)cc(F)cc1F. The van der Waals surface area contributed by atoms with Crippen LogP contribution < -0.4 is 4.74 Å². The first-order valence-corrected chi connectivity index (χ1v) is 5.03. The van der Waals surface area contributed by atoms with Gasteiger partial charge in [-0.1, -0.05) is 6.08 Å². The van der Waals surface area contributed by atoms with Crippen molar-refractivity contribution in [3.8, 4) is 5.75 Å². The molecule has 0 aliphatic rings. The molecule has 4 heteroatoms. The van der Waals surface area contributed by atoms with Crippen LogP contribution in [0, 0.1) is 17.5 Å². The van der Waals surface area contributed by atoms with Gasteiger partial charge in [0.25, 0.3) is 0 Å². The van der Waals surface area contributed by atoms with Gasteiger partial charge >= 0.3 is 0 Å². The minimum absolute atomic E-state index is 0.202. The van der Waals surface area contributed by atoms with Crippen LogP contribution in [0.3, 0.4) is 0 Å². The van der Waals surface area contributed by atoms with Crippen LogP contribution in [-0.4, -0.2) is 6.61 Å². The summed E-state index contributed by atoms with van der Waals surface area (Å²) in [7, 11) is 0. The molecule has 0 saturated heterocycles. The van der Waals surface area contributed by atoms with Gasteiger partial charge in [-0.2, -0.15) is 0 Å². The van der Waals surface area contributed by atoms with Crippen molar-refractivity contribution in [1.29, 1.82) is 0 Å².